The number of aromatic nitrogens is 3. The summed E-state index contributed by atoms with van der Waals surface area (Å²) in [7, 11) is 0. The van der Waals surface area contributed by atoms with Gasteiger partial charge in [-0.1, -0.05) is 97.1 Å². The van der Waals surface area contributed by atoms with Crippen molar-refractivity contribution in [2.75, 3.05) is 0 Å². The van der Waals surface area contributed by atoms with Gasteiger partial charge in [0.15, 0.2) is 5.58 Å². The SMILES string of the molecule is c1ccc2cc3c(cc2c1)c1ccccc1n3-c1nc(-c2cccc3ccccc23)c2oc3ccccc3c2n1. The van der Waals surface area contributed by atoms with E-state index in [0.29, 0.717) is 11.5 Å². The van der Waals surface area contributed by atoms with Crippen LogP contribution in [0.3, 0.4) is 0 Å². The highest BCUT2D eigenvalue weighted by Gasteiger charge is 2.22. The fourth-order valence-electron chi connectivity index (χ4n) is 6.16. The van der Waals surface area contributed by atoms with Crippen LogP contribution in [-0.4, -0.2) is 14.5 Å². The predicted octanol–water partition coefficient (Wildman–Crippen LogP) is 9.45. The van der Waals surface area contributed by atoms with E-state index in [9.17, 15) is 0 Å². The maximum absolute atomic E-state index is 6.46. The summed E-state index contributed by atoms with van der Waals surface area (Å²) in [6, 6.07) is 44.4. The third-order valence-corrected chi connectivity index (χ3v) is 7.99. The van der Waals surface area contributed by atoms with Gasteiger partial charge in [-0.15, -0.1) is 0 Å². The summed E-state index contributed by atoms with van der Waals surface area (Å²) in [5.74, 6) is 0.628. The van der Waals surface area contributed by atoms with Crippen LogP contribution in [0.5, 0.6) is 0 Å². The van der Waals surface area contributed by atoms with Crippen molar-refractivity contribution < 1.29 is 4.42 Å². The first-order valence-corrected chi connectivity index (χ1v) is 13.4. The van der Waals surface area contributed by atoms with E-state index in [1.165, 1.54) is 21.5 Å². The normalized spacial score (nSPS) is 12.0. The molecule has 4 nitrogen and oxygen atoms in total. The van der Waals surface area contributed by atoms with Gasteiger partial charge in [-0.05, 0) is 51.9 Å². The van der Waals surface area contributed by atoms with Gasteiger partial charge in [-0.3, -0.25) is 4.57 Å². The van der Waals surface area contributed by atoms with E-state index in [-0.39, 0.29) is 0 Å². The topological polar surface area (TPSA) is 43.9 Å². The zero-order chi connectivity index (χ0) is 26.2. The van der Waals surface area contributed by atoms with E-state index in [1.54, 1.807) is 0 Å². The molecule has 0 amide bonds. The van der Waals surface area contributed by atoms with Gasteiger partial charge in [-0.2, -0.15) is 0 Å². The van der Waals surface area contributed by atoms with Crippen molar-refractivity contribution in [2.45, 2.75) is 0 Å². The number of hydrogen-bond acceptors (Lipinski definition) is 3. The van der Waals surface area contributed by atoms with E-state index in [2.05, 4.69) is 114 Å². The molecule has 4 heteroatoms. The minimum absolute atomic E-state index is 0.628. The van der Waals surface area contributed by atoms with Crippen LogP contribution >= 0.6 is 0 Å². The Hall–Kier alpha value is -5.48. The quantitative estimate of drug-likeness (QED) is 0.232. The van der Waals surface area contributed by atoms with Gasteiger partial charge >= 0.3 is 0 Å². The summed E-state index contributed by atoms with van der Waals surface area (Å²) in [6.07, 6.45) is 0. The third kappa shape index (κ3) is 2.96. The maximum Gasteiger partial charge on any atom is 0.236 e. The highest BCUT2D eigenvalue weighted by Crippen LogP contribution is 2.39. The van der Waals surface area contributed by atoms with Gasteiger partial charge in [0.05, 0.1) is 11.0 Å². The molecule has 0 saturated carbocycles. The van der Waals surface area contributed by atoms with Gasteiger partial charge < -0.3 is 4.42 Å². The molecular formula is C36H21N3O. The van der Waals surface area contributed by atoms with Crippen LogP contribution in [0.15, 0.2) is 132 Å². The number of nitrogens with zero attached hydrogens (tertiary/aromatic N) is 3. The first kappa shape index (κ1) is 21.5. The lowest BCUT2D eigenvalue weighted by molar-refractivity contribution is 0.666. The van der Waals surface area contributed by atoms with Crippen LogP contribution in [0.2, 0.25) is 0 Å². The minimum Gasteiger partial charge on any atom is -0.452 e. The van der Waals surface area contributed by atoms with Gasteiger partial charge in [0.2, 0.25) is 5.95 Å². The molecule has 0 atom stereocenters. The Morgan fingerprint density at radius 1 is 0.500 bits per heavy atom. The second-order valence-corrected chi connectivity index (χ2v) is 10.2. The van der Waals surface area contributed by atoms with Crippen LogP contribution in [0.25, 0.3) is 82.6 Å². The van der Waals surface area contributed by atoms with E-state index >= 15 is 0 Å². The Bertz CT molecular complexity index is 2440. The molecule has 0 unspecified atom stereocenters. The molecule has 186 valence electrons. The first-order valence-electron chi connectivity index (χ1n) is 13.4. The Morgan fingerprint density at radius 3 is 2.05 bits per heavy atom. The molecule has 0 saturated heterocycles. The van der Waals surface area contributed by atoms with Crippen molar-refractivity contribution in [1.82, 2.24) is 14.5 Å². The van der Waals surface area contributed by atoms with Crippen LogP contribution in [0, 0.1) is 0 Å². The van der Waals surface area contributed by atoms with Crippen molar-refractivity contribution in [3.63, 3.8) is 0 Å². The Morgan fingerprint density at radius 2 is 1.18 bits per heavy atom. The second kappa shape index (κ2) is 8.01. The van der Waals surface area contributed by atoms with Crippen LogP contribution in [0.4, 0.5) is 0 Å². The molecule has 40 heavy (non-hydrogen) atoms. The van der Waals surface area contributed by atoms with Crippen LogP contribution in [0.1, 0.15) is 0 Å². The second-order valence-electron chi connectivity index (χ2n) is 10.2. The largest absolute Gasteiger partial charge is 0.452 e. The van der Waals surface area contributed by atoms with E-state index < -0.39 is 0 Å². The van der Waals surface area contributed by atoms with E-state index in [4.69, 9.17) is 14.4 Å². The van der Waals surface area contributed by atoms with Gasteiger partial charge in [0.1, 0.15) is 16.8 Å². The molecule has 0 aliphatic rings. The molecule has 0 radical (unpaired) electrons. The molecule has 0 bridgehead atoms. The molecule has 0 aliphatic heterocycles. The summed E-state index contributed by atoms with van der Waals surface area (Å²) >= 11 is 0. The van der Waals surface area contributed by atoms with Crippen molar-refractivity contribution >= 4 is 65.4 Å². The first-order chi connectivity index (χ1) is 19.8. The Labute approximate surface area is 228 Å². The molecular weight excluding hydrogens is 490 g/mol. The Kier molecular flexibility index (Phi) is 4.30. The van der Waals surface area contributed by atoms with Crippen molar-refractivity contribution in [3.8, 4) is 17.2 Å². The average Bonchev–Trinajstić information content (AvgIpc) is 3.54. The fourth-order valence-corrected chi connectivity index (χ4v) is 6.16. The minimum atomic E-state index is 0.628. The molecule has 9 aromatic rings. The lowest BCUT2D eigenvalue weighted by Crippen LogP contribution is -2.03. The fraction of sp³-hybridized carbons (Fsp3) is 0. The molecule has 0 aliphatic carbocycles. The van der Waals surface area contributed by atoms with Gasteiger partial charge in [0, 0.05) is 21.7 Å². The Balaban J connectivity index is 1.46. The molecule has 0 fully saturated rings. The number of hydrogen-bond donors (Lipinski definition) is 0. The van der Waals surface area contributed by atoms with E-state index in [0.717, 1.165) is 49.5 Å². The zero-order valence-electron chi connectivity index (χ0n) is 21.4. The van der Waals surface area contributed by atoms with Gasteiger partial charge in [0.25, 0.3) is 0 Å². The molecule has 9 rings (SSSR count). The standard InChI is InChI=1S/C36H21N3O/c1-2-12-24-21-31-29(20-23(24)11-1)26-15-5-7-18-30(26)39(31)36-37-33(27-17-9-13-22-10-3-4-14-25(22)27)35-34(38-36)28-16-6-8-19-32(28)40-35/h1-21H. The lowest BCUT2D eigenvalue weighted by atomic mass is 10.0. The summed E-state index contributed by atoms with van der Waals surface area (Å²) < 4.78 is 8.66. The molecule has 3 heterocycles. The third-order valence-electron chi connectivity index (χ3n) is 7.99. The van der Waals surface area contributed by atoms with Crippen molar-refractivity contribution in [3.05, 3.63) is 127 Å². The number of benzene rings is 6. The van der Waals surface area contributed by atoms with Crippen LogP contribution < -0.4 is 0 Å². The summed E-state index contributed by atoms with van der Waals surface area (Å²) in [6.45, 7) is 0. The smallest absolute Gasteiger partial charge is 0.236 e. The zero-order valence-corrected chi connectivity index (χ0v) is 21.4. The van der Waals surface area contributed by atoms with Crippen molar-refractivity contribution in [2.24, 2.45) is 0 Å². The summed E-state index contributed by atoms with van der Waals surface area (Å²) in [5, 5.41) is 8.03. The number of fused-ring (bicyclic) bond motifs is 8. The molecule has 0 N–H and O–H groups in total. The van der Waals surface area contributed by atoms with E-state index in [1.807, 2.05) is 18.2 Å². The highest BCUT2D eigenvalue weighted by molar-refractivity contribution is 6.14. The maximum atomic E-state index is 6.46. The molecule has 6 aromatic carbocycles. The lowest BCUT2D eigenvalue weighted by Gasteiger charge is -2.11. The average molecular weight is 512 g/mol. The summed E-state index contributed by atoms with van der Waals surface area (Å²) in [4.78, 5) is 10.5. The van der Waals surface area contributed by atoms with Crippen molar-refractivity contribution in [1.29, 1.82) is 0 Å². The molecule has 0 spiro atoms. The predicted molar refractivity (Wildman–Crippen MR) is 164 cm³/mol. The van der Waals surface area contributed by atoms with Gasteiger partial charge in [-0.25, -0.2) is 9.97 Å². The number of rotatable bonds is 2. The number of furan rings is 1. The highest BCUT2D eigenvalue weighted by atomic mass is 16.3. The summed E-state index contributed by atoms with van der Waals surface area (Å²) in [5.41, 5.74) is 6.29. The monoisotopic (exact) mass is 511 g/mol. The molecule has 3 aromatic heterocycles. The number of para-hydroxylation sites is 2. The van der Waals surface area contributed by atoms with Crippen LogP contribution in [-0.2, 0) is 0 Å².